The van der Waals surface area contributed by atoms with Crippen LogP contribution in [-0.4, -0.2) is 43.0 Å². The maximum Gasteiger partial charge on any atom is 0.337 e. The van der Waals surface area contributed by atoms with Gasteiger partial charge in [-0.2, -0.15) is 0 Å². The Morgan fingerprint density at radius 1 is 1.15 bits per heavy atom. The number of piperidine rings is 1. The van der Waals surface area contributed by atoms with Gasteiger partial charge in [-0.3, -0.25) is 4.79 Å². The summed E-state index contributed by atoms with van der Waals surface area (Å²) in [4.78, 5) is 26.2. The van der Waals surface area contributed by atoms with Crippen molar-refractivity contribution < 1.29 is 18.7 Å². The fourth-order valence-electron chi connectivity index (χ4n) is 3.14. The number of ether oxygens (including phenoxy) is 1. The van der Waals surface area contributed by atoms with Crippen LogP contribution in [0.1, 0.15) is 33.6 Å². The fourth-order valence-corrected chi connectivity index (χ4v) is 3.14. The van der Waals surface area contributed by atoms with Crippen molar-refractivity contribution in [2.75, 3.05) is 25.5 Å². The number of carbonyl (C=O) groups excluding carboxylic acids is 2. The molecule has 0 saturated carbocycles. The van der Waals surface area contributed by atoms with Gasteiger partial charge < -0.3 is 15.0 Å². The number of likely N-dealkylation sites (tertiary alicyclic amines) is 1. The molecule has 3 rings (SSSR count). The molecule has 0 aromatic heterocycles. The average molecular weight is 356 g/mol. The standard InChI is InChI=1S/C20H21FN2O3/c1-26-20(25)15-5-2-4-14(12-15)19(24)23-11-3-6-18(13-23)22-17-9-7-16(21)8-10-17/h2,4-5,7-10,12,18,22H,3,6,11,13H2,1H3. The fraction of sp³-hybridized carbons (Fsp3) is 0.300. The number of benzene rings is 2. The molecule has 0 radical (unpaired) electrons. The molecule has 2 aromatic carbocycles. The minimum atomic E-state index is -0.464. The third kappa shape index (κ3) is 4.20. The number of hydrogen-bond acceptors (Lipinski definition) is 4. The normalized spacial score (nSPS) is 16.8. The summed E-state index contributed by atoms with van der Waals surface area (Å²) >= 11 is 0. The lowest BCUT2D eigenvalue weighted by Crippen LogP contribution is -2.45. The molecule has 6 heteroatoms. The second-order valence-corrected chi connectivity index (χ2v) is 6.31. The van der Waals surface area contributed by atoms with Gasteiger partial charge in [0.25, 0.3) is 5.91 Å². The van der Waals surface area contributed by atoms with Gasteiger partial charge in [-0.1, -0.05) is 6.07 Å². The second-order valence-electron chi connectivity index (χ2n) is 6.31. The van der Waals surface area contributed by atoms with Gasteiger partial charge in [0.1, 0.15) is 5.82 Å². The number of halogens is 1. The number of anilines is 1. The summed E-state index contributed by atoms with van der Waals surface area (Å²) in [6, 6.07) is 12.9. The Morgan fingerprint density at radius 3 is 2.62 bits per heavy atom. The molecule has 1 aliphatic heterocycles. The maximum absolute atomic E-state index is 13.0. The van der Waals surface area contributed by atoms with Crippen LogP contribution in [-0.2, 0) is 4.74 Å². The smallest absolute Gasteiger partial charge is 0.337 e. The summed E-state index contributed by atoms with van der Waals surface area (Å²) in [5.41, 5.74) is 1.66. The van der Waals surface area contributed by atoms with Crippen LogP contribution in [0.2, 0.25) is 0 Å². The molecule has 0 aliphatic carbocycles. The molecule has 1 heterocycles. The Kier molecular flexibility index (Phi) is 5.51. The molecule has 1 fully saturated rings. The Hall–Kier alpha value is -2.89. The second kappa shape index (κ2) is 7.99. The zero-order valence-corrected chi connectivity index (χ0v) is 14.6. The molecular weight excluding hydrogens is 335 g/mol. The molecule has 0 bridgehead atoms. The van der Waals surface area contributed by atoms with Gasteiger partial charge >= 0.3 is 5.97 Å². The molecule has 2 aromatic rings. The van der Waals surface area contributed by atoms with E-state index in [0.29, 0.717) is 24.2 Å². The molecule has 1 amide bonds. The number of nitrogens with one attached hydrogen (secondary N) is 1. The van der Waals surface area contributed by atoms with E-state index in [0.717, 1.165) is 18.5 Å². The van der Waals surface area contributed by atoms with Crippen LogP contribution in [0, 0.1) is 5.82 Å². The highest BCUT2D eigenvalue weighted by Gasteiger charge is 2.25. The van der Waals surface area contributed by atoms with Crippen LogP contribution >= 0.6 is 0 Å². The van der Waals surface area contributed by atoms with Gasteiger partial charge in [0.2, 0.25) is 0 Å². The Morgan fingerprint density at radius 2 is 1.88 bits per heavy atom. The van der Waals surface area contributed by atoms with Gasteiger partial charge in [-0.05, 0) is 55.3 Å². The van der Waals surface area contributed by atoms with Gasteiger partial charge in [-0.15, -0.1) is 0 Å². The van der Waals surface area contributed by atoms with Gasteiger partial charge in [0.05, 0.1) is 12.7 Å². The first-order valence-electron chi connectivity index (χ1n) is 8.56. The number of nitrogens with zero attached hydrogens (tertiary/aromatic N) is 1. The van der Waals surface area contributed by atoms with Crippen LogP contribution in [0.15, 0.2) is 48.5 Å². The van der Waals surface area contributed by atoms with Crippen LogP contribution in [0.25, 0.3) is 0 Å². The van der Waals surface area contributed by atoms with E-state index in [1.807, 2.05) is 0 Å². The minimum Gasteiger partial charge on any atom is -0.465 e. The van der Waals surface area contributed by atoms with Gasteiger partial charge in [0, 0.05) is 30.4 Å². The van der Waals surface area contributed by atoms with Crippen LogP contribution < -0.4 is 5.32 Å². The monoisotopic (exact) mass is 356 g/mol. The first kappa shape index (κ1) is 17.9. The maximum atomic E-state index is 13.0. The van der Waals surface area contributed by atoms with Crippen molar-refractivity contribution in [1.29, 1.82) is 0 Å². The summed E-state index contributed by atoms with van der Waals surface area (Å²) < 4.78 is 17.7. The number of hydrogen-bond donors (Lipinski definition) is 1. The quantitative estimate of drug-likeness (QED) is 0.854. The lowest BCUT2D eigenvalue weighted by Gasteiger charge is -2.33. The van der Waals surface area contributed by atoms with Crippen LogP contribution in [0.4, 0.5) is 10.1 Å². The molecule has 26 heavy (non-hydrogen) atoms. The van der Waals surface area contributed by atoms with Gasteiger partial charge in [-0.25, -0.2) is 9.18 Å². The summed E-state index contributed by atoms with van der Waals surface area (Å²) in [5.74, 6) is -0.850. The van der Waals surface area contributed by atoms with Crippen molar-refractivity contribution in [3.05, 3.63) is 65.5 Å². The lowest BCUT2D eigenvalue weighted by atomic mass is 10.0. The van der Waals surface area contributed by atoms with E-state index in [1.165, 1.54) is 19.2 Å². The molecule has 5 nitrogen and oxygen atoms in total. The molecular formula is C20H21FN2O3. The van der Waals surface area contributed by atoms with E-state index in [9.17, 15) is 14.0 Å². The zero-order valence-electron chi connectivity index (χ0n) is 14.6. The number of carbonyl (C=O) groups is 2. The van der Waals surface area contributed by atoms with E-state index in [1.54, 1.807) is 41.3 Å². The highest BCUT2D eigenvalue weighted by molar-refractivity contribution is 5.98. The topological polar surface area (TPSA) is 58.6 Å². The number of methoxy groups -OCH3 is 1. The molecule has 0 spiro atoms. The SMILES string of the molecule is COC(=O)c1cccc(C(=O)N2CCCC(Nc3ccc(F)cc3)C2)c1. The first-order valence-corrected chi connectivity index (χ1v) is 8.56. The summed E-state index contributed by atoms with van der Waals surface area (Å²) in [6.45, 7) is 1.22. The largest absolute Gasteiger partial charge is 0.465 e. The average Bonchev–Trinajstić information content (AvgIpc) is 2.69. The lowest BCUT2D eigenvalue weighted by molar-refractivity contribution is 0.0600. The highest BCUT2D eigenvalue weighted by Crippen LogP contribution is 2.19. The van der Waals surface area contributed by atoms with Crippen molar-refractivity contribution in [3.63, 3.8) is 0 Å². The Labute approximate surface area is 151 Å². The van der Waals surface area contributed by atoms with Gasteiger partial charge in [0.15, 0.2) is 0 Å². The van der Waals surface area contributed by atoms with Crippen LogP contribution in [0.5, 0.6) is 0 Å². The Balaban J connectivity index is 1.68. The molecule has 1 unspecified atom stereocenters. The Bertz CT molecular complexity index is 792. The van der Waals surface area contributed by atoms with Crippen molar-refractivity contribution in [2.45, 2.75) is 18.9 Å². The summed E-state index contributed by atoms with van der Waals surface area (Å²) in [7, 11) is 1.31. The van der Waals surface area contributed by atoms with Crippen LogP contribution in [0.3, 0.4) is 0 Å². The molecule has 1 saturated heterocycles. The number of amides is 1. The summed E-state index contributed by atoms with van der Waals surface area (Å²) in [5, 5.41) is 3.35. The van der Waals surface area contributed by atoms with Crippen molar-refractivity contribution in [3.8, 4) is 0 Å². The van der Waals surface area contributed by atoms with E-state index >= 15 is 0 Å². The zero-order chi connectivity index (χ0) is 18.5. The van der Waals surface area contributed by atoms with E-state index in [-0.39, 0.29) is 17.8 Å². The van der Waals surface area contributed by atoms with Crippen molar-refractivity contribution in [1.82, 2.24) is 4.90 Å². The van der Waals surface area contributed by atoms with Crippen molar-refractivity contribution >= 4 is 17.6 Å². The first-order chi connectivity index (χ1) is 12.6. The van der Waals surface area contributed by atoms with Crippen molar-refractivity contribution in [2.24, 2.45) is 0 Å². The highest BCUT2D eigenvalue weighted by atomic mass is 19.1. The van der Waals surface area contributed by atoms with E-state index in [2.05, 4.69) is 5.32 Å². The predicted octanol–water partition coefficient (Wildman–Crippen LogP) is 3.33. The third-order valence-electron chi connectivity index (χ3n) is 4.45. The van der Waals surface area contributed by atoms with E-state index < -0.39 is 5.97 Å². The minimum absolute atomic E-state index is 0.0990. The molecule has 136 valence electrons. The summed E-state index contributed by atoms with van der Waals surface area (Å²) in [6.07, 6.45) is 1.81. The van der Waals surface area contributed by atoms with E-state index in [4.69, 9.17) is 4.74 Å². The number of rotatable bonds is 4. The molecule has 1 N–H and O–H groups in total. The molecule has 1 atom stereocenters. The predicted molar refractivity (Wildman–Crippen MR) is 96.7 cm³/mol. The molecule has 1 aliphatic rings. The third-order valence-corrected chi connectivity index (χ3v) is 4.45. The number of esters is 1.